The molecule has 0 aliphatic carbocycles. The molecule has 1 aromatic heterocycles. The van der Waals surface area contributed by atoms with Gasteiger partial charge in [0.25, 0.3) is 0 Å². The Bertz CT molecular complexity index is 1370. The molecule has 4 rings (SSSR count). The molecule has 0 spiro atoms. The van der Waals surface area contributed by atoms with Crippen molar-refractivity contribution >= 4 is 45.6 Å². The molecule has 1 N–H and O–H groups in total. The number of nitrogens with one attached hydrogen (secondary N) is 1. The van der Waals surface area contributed by atoms with E-state index in [0.717, 1.165) is 16.8 Å². The number of thiazole rings is 1. The summed E-state index contributed by atoms with van der Waals surface area (Å²) in [5, 5.41) is 5.77. The average molecular weight is 520 g/mol. The summed E-state index contributed by atoms with van der Waals surface area (Å²) in [4.78, 5) is 32.3. The van der Waals surface area contributed by atoms with E-state index in [1.807, 2.05) is 73.0 Å². The van der Waals surface area contributed by atoms with Crippen LogP contribution < -0.4 is 15.0 Å². The Kier molecular flexibility index (Phi) is 8.03. The Labute approximate surface area is 219 Å². The van der Waals surface area contributed by atoms with Crippen molar-refractivity contribution in [3.8, 4) is 17.0 Å². The van der Waals surface area contributed by atoms with E-state index < -0.39 is 6.04 Å². The van der Waals surface area contributed by atoms with Gasteiger partial charge in [-0.2, -0.15) is 0 Å². The van der Waals surface area contributed by atoms with E-state index in [-0.39, 0.29) is 18.2 Å². The van der Waals surface area contributed by atoms with Gasteiger partial charge in [-0.05, 0) is 30.7 Å². The molecule has 8 heteroatoms. The van der Waals surface area contributed by atoms with Crippen molar-refractivity contribution in [2.45, 2.75) is 26.3 Å². The van der Waals surface area contributed by atoms with E-state index in [0.29, 0.717) is 27.2 Å². The number of ether oxygens (including phenoxy) is 1. The minimum atomic E-state index is -0.613. The van der Waals surface area contributed by atoms with Crippen LogP contribution in [-0.2, 0) is 9.59 Å². The zero-order valence-corrected chi connectivity index (χ0v) is 21.8. The van der Waals surface area contributed by atoms with Gasteiger partial charge < -0.3 is 10.1 Å². The molecule has 0 unspecified atom stereocenters. The first-order valence-corrected chi connectivity index (χ1v) is 12.6. The Balaban J connectivity index is 1.75. The Morgan fingerprint density at radius 2 is 1.75 bits per heavy atom. The summed E-state index contributed by atoms with van der Waals surface area (Å²) < 4.78 is 5.57. The lowest BCUT2D eigenvalue weighted by Crippen LogP contribution is -2.34. The molecule has 4 aromatic rings. The number of hydrogen-bond acceptors (Lipinski definition) is 5. The van der Waals surface area contributed by atoms with Crippen LogP contribution in [-0.4, -0.2) is 23.9 Å². The number of rotatable bonds is 8. The number of carbonyl (C=O) groups is 2. The maximum absolute atomic E-state index is 13.9. The molecule has 0 fully saturated rings. The summed E-state index contributed by atoms with van der Waals surface area (Å²) in [6.45, 7) is 3.45. The standard InChI is InChI=1S/C28H26ClN3O3S/c1-18-12-14-20(15-13-18)24-17-36-28(31-24)32(25-10-6-7-11-26(25)35-3)27(34)16-23(30-19(2)33)21-8-4-5-9-22(21)29/h4-15,17,23H,16H2,1-3H3,(H,30,33)/t23-/m1/s1. The van der Waals surface area contributed by atoms with Crippen LogP contribution in [0, 0.1) is 6.92 Å². The normalized spacial score (nSPS) is 11.6. The van der Waals surface area contributed by atoms with E-state index in [2.05, 4.69) is 5.32 Å². The Morgan fingerprint density at radius 1 is 1.06 bits per heavy atom. The third-order valence-electron chi connectivity index (χ3n) is 5.64. The number of halogens is 1. The first-order valence-electron chi connectivity index (χ1n) is 11.4. The number of anilines is 2. The molecule has 36 heavy (non-hydrogen) atoms. The number of carbonyl (C=O) groups excluding carboxylic acids is 2. The summed E-state index contributed by atoms with van der Waals surface area (Å²) in [6, 6.07) is 21.9. The predicted octanol–water partition coefficient (Wildman–Crippen LogP) is 6.71. The Morgan fingerprint density at radius 3 is 2.44 bits per heavy atom. The van der Waals surface area contributed by atoms with E-state index >= 15 is 0 Å². The second-order valence-corrected chi connectivity index (χ2v) is 9.50. The molecule has 6 nitrogen and oxygen atoms in total. The van der Waals surface area contributed by atoms with Gasteiger partial charge in [-0.3, -0.25) is 14.5 Å². The molecule has 1 heterocycles. The van der Waals surface area contributed by atoms with Crippen LogP contribution in [0.25, 0.3) is 11.3 Å². The molecule has 0 saturated heterocycles. The highest BCUT2D eigenvalue weighted by atomic mass is 35.5. The largest absolute Gasteiger partial charge is 0.495 e. The number of aryl methyl sites for hydroxylation is 1. The van der Waals surface area contributed by atoms with Gasteiger partial charge in [0.15, 0.2) is 5.13 Å². The van der Waals surface area contributed by atoms with Gasteiger partial charge in [-0.1, -0.05) is 71.8 Å². The van der Waals surface area contributed by atoms with Crippen LogP contribution in [0.3, 0.4) is 0 Å². The molecule has 3 aromatic carbocycles. The molecule has 2 amide bonds. The van der Waals surface area contributed by atoms with Crippen LogP contribution in [0.15, 0.2) is 78.2 Å². The minimum Gasteiger partial charge on any atom is -0.495 e. The number of methoxy groups -OCH3 is 1. The molecule has 184 valence electrons. The van der Waals surface area contributed by atoms with Crippen molar-refractivity contribution in [3.05, 3.63) is 94.3 Å². The SMILES string of the molecule is COc1ccccc1N(C(=O)C[C@@H](NC(C)=O)c1ccccc1Cl)c1nc(-c2ccc(C)cc2)cs1. The van der Waals surface area contributed by atoms with E-state index in [1.54, 1.807) is 24.1 Å². The van der Waals surface area contributed by atoms with Gasteiger partial charge in [0.1, 0.15) is 5.75 Å². The van der Waals surface area contributed by atoms with Gasteiger partial charge in [-0.25, -0.2) is 4.98 Å². The lowest BCUT2D eigenvalue weighted by Gasteiger charge is -2.25. The quantitative estimate of drug-likeness (QED) is 0.281. The topological polar surface area (TPSA) is 71.5 Å². The maximum atomic E-state index is 13.9. The highest BCUT2D eigenvalue weighted by molar-refractivity contribution is 7.14. The molecular weight excluding hydrogens is 494 g/mol. The predicted molar refractivity (Wildman–Crippen MR) is 145 cm³/mol. The van der Waals surface area contributed by atoms with E-state index in [1.165, 1.54) is 18.3 Å². The fourth-order valence-electron chi connectivity index (χ4n) is 3.89. The first-order chi connectivity index (χ1) is 17.4. The lowest BCUT2D eigenvalue weighted by molar-refractivity contribution is -0.121. The summed E-state index contributed by atoms with van der Waals surface area (Å²) in [5.74, 6) is 0.0159. The van der Waals surface area contributed by atoms with Crippen LogP contribution in [0.2, 0.25) is 5.02 Å². The fourth-order valence-corrected chi connectivity index (χ4v) is 5.02. The summed E-state index contributed by atoms with van der Waals surface area (Å²) in [5.41, 5.74) is 4.12. The van der Waals surface area contributed by atoms with Crippen molar-refractivity contribution in [3.63, 3.8) is 0 Å². The fraction of sp³-hybridized carbons (Fsp3) is 0.179. The third-order valence-corrected chi connectivity index (χ3v) is 6.81. The van der Waals surface area contributed by atoms with Crippen molar-refractivity contribution in [1.82, 2.24) is 10.3 Å². The molecular formula is C28H26ClN3O3S. The number of para-hydroxylation sites is 2. The van der Waals surface area contributed by atoms with Crippen molar-refractivity contribution in [2.75, 3.05) is 12.0 Å². The summed E-state index contributed by atoms with van der Waals surface area (Å²) in [7, 11) is 1.56. The van der Waals surface area contributed by atoms with Crippen LogP contribution in [0.5, 0.6) is 5.75 Å². The number of nitrogens with zero attached hydrogens (tertiary/aromatic N) is 2. The molecule has 0 saturated carbocycles. The van der Waals surface area contributed by atoms with Crippen LogP contribution >= 0.6 is 22.9 Å². The van der Waals surface area contributed by atoms with Crippen LogP contribution in [0.4, 0.5) is 10.8 Å². The van der Waals surface area contributed by atoms with E-state index in [4.69, 9.17) is 21.3 Å². The van der Waals surface area contributed by atoms with Crippen molar-refractivity contribution in [2.24, 2.45) is 0 Å². The second-order valence-electron chi connectivity index (χ2n) is 8.26. The second kappa shape index (κ2) is 11.4. The van der Waals surface area contributed by atoms with Gasteiger partial charge in [0, 0.05) is 22.9 Å². The van der Waals surface area contributed by atoms with Gasteiger partial charge >= 0.3 is 0 Å². The van der Waals surface area contributed by atoms with Gasteiger partial charge in [0.05, 0.1) is 31.0 Å². The van der Waals surface area contributed by atoms with Gasteiger partial charge in [-0.15, -0.1) is 11.3 Å². The zero-order valence-electron chi connectivity index (χ0n) is 20.2. The minimum absolute atomic E-state index is 0.0270. The lowest BCUT2D eigenvalue weighted by atomic mass is 10.0. The molecule has 0 aliphatic rings. The number of hydrogen-bond donors (Lipinski definition) is 1. The van der Waals surface area contributed by atoms with Crippen molar-refractivity contribution in [1.29, 1.82) is 0 Å². The molecule has 0 aliphatic heterocycles. The Hall–Kier alpha value is -3.68. The number of benzene rings is 3. The van der Waals surface area contributed by atoms with Crippen molar-refractivity contribution < 1.29 is 14.3 Å². The molecule has 0 bridgehead atoms. The summed E-state index contributed by atoms with van der Waals surface area (Å²) >= 11 is 7.79. The molecule has 1 atom stereocenters. The highest BCUT2D eigenvalue weighted by Gasteiger charge is 2.28. The smallest absolute Gasteiger partial charge is 0.235 e. The monoisotopic (exact) mass is 519 g/mol. The average Bonchev–Trinajstić information content (AvgIpc) is 3.34. The number of aromatic nitrogens is 1. The zero-order chi connectivity index (χ0) is 25.7. The number of amides is 2. The maximum Gasteiger partial charge on any atom is 0.235 e. The van der Waals surface area contributed by atoms with E-state index in [9.17, 15) is 9.59 Å². The molecule has 0 radical (unpaired) electrons. The highest BCUT2D eigenvalue weighted by Crippen LogP contribution is 2.38. The van der Waals surface area contributed by atoms with Gasteiger partial charge in [0.2, 0.25) is 11.8 Å². The summed E-state index contributed by atoms with van der Waals surface area (Å²) in [6.07, 6.45) is -0.0270. The third kappa shape index (κ3) is 5.75. The first kappa shape index (κ1) is 25.4. The van der Waals surface area contributed by atoms with Crippen LogP contribution in [0.1, 0.15) is 30.5 Å².